The van der Waals surface area contributed by atoms with E-state index in [1.54, 1.807) is 6.92 Å². The molecule has 46 valence electrons. The van der Waals surface area contributed by atoms with E-state index in [4.69, 9.17) is 0.938 Å². The third-order valence-corrected chi connectivity index (χ3v) is 0.287. The Morgan fingerprint density at radius 1 is 1.75 bits per heavy atom. The normalized spacial score (nSPS) is 6.00. The molecular formula is C3H7CeNO3. The van der Waals surface area contributed by atoms with Crippen molar-refractivity contribution in [3.63, 3.8) is 0 Å². The quantitative estimate of drug-likeness (QED) is 0.706. The Labute approximate surface area is 74.9 Å². The first-order valence-electron chi connectivity index (χ1n) is 1.90. The number of amides is 1. The van der Waals surface area contributed by atoms with Crippen molar-refractivity contribution in [3.05, 3.63) is 0 Å². The van der Waals surface area contributed by atoms with Crippen LogP contribution in [0.2, 0.25) is 0 Å². The summed E-state index contributed by atoms with van der Waals surface area (Å²) in [5.74, 6) is 0. The molecule has 1 amide bonds. The van der Waals surface area contributed by atoms with Crippen LogP contribution in [0.15, 0.2) is 0 Å². The Morgan fingerprint density at radius 2 is 2.12 bits per heavy atom. The van der Waals surface area contributed by atoms with Crippen LogP contribution in [0.3, 0.4) is 0 Å². The van der Waals surface area contributed by atoms with Gasteiger partial charge >= 0.3 is 46.8 Å². The average molecular weight is 245 g/mol. The van der Waals surface area contributed by atoms with E-state index in [9.17, 15) is 4.79 Å². The van der Waals surface area contributed by atoms with Gasteiger partial charge in [0.15, 0.2) is 0 Å². The summed E-state index contributed by atoms with van der Waals surface area (Å²) >= 11 is 0.0556. The van der Waals surface area contributed by atoms with E-state index < -0.39 is 6.09 Å². The molecule has 0 aliphatic heterocycles. The van der Waals surface area contributed by atoms with Gasteiger partial charge in [0, 0.05) is 0 Å². The molecule has 8 heavy (non-hydrogen) atoms. The van der Waals surface area contributed by atoms with E-state index in [1.807, 2.05) is 0 Å². The monoisotopic (exact) mass is 245 g/mol. The van der Waals surface area contributed by atoms with Crippen LogP contribution < -0.4 is 5.73 Å². The van der Waals surface area contributed by atoms with Gasteiger partial charge < -0.3 is 10.5 Å². The van der Waals surface area contributed by atoms with E-state index >= 15 is 0 Å². The van der Waals surface area contributed by atoms with E-state index in [0.29, 0.717) is 6.61 Å². The number of ether oxygens (including phenoxy) is 1. The minimum atomic E-state index is -0.711. The number of carbonyl (C=O) groups is 1. The van der Waals surface area contributed by atoms with Gasteiger partial charge in [0.05, 0.1) is 6.61 Å². The Balaban J connectivity index is 0. The van der Waals surface area contributed by atoms with Crippen LogP contribution >= 0.6 is 0 Å². The van der Waals surface area contributed by atoms with Gasteiger partial charge in [-0.25, -0.2) is 4.79 Å². The van der Waals surface area contributed by atoms with E-state index in [0.717, 1.165) is 0 Å². The molecule has 4 nitrogen and oxygen atoms in total. The van der Waals surface area contributed by atoms with Crippen LogP contribution in [0.25, 0.3) is 0 Å². The summed E-state index contributed by atoms with van der Waals surface area (Å²) in [5, 5.41) is 0. The number of hydrogen-bond donors (Lipinski definition) is 1. The van der Waals surface area contributed by atoms with Crippen molar-refractivity contribution in [2.75, 3.05) is 6.61 Å². The third kappa shape index (κ3) is 16.1. The molecule has 0 spiro atoms. The molecular weight excluding hydrogens is 238 g/mol. The van der Waals surface area contributed by atoms with Gasteiger partial charge in [-0.1, -0.05) is 0 Å². The second-order valence-electron chi connectivity index (χ2n) is 0.752. The summed E-state index contributed by atoms with van der Waals surface area (Å²) in [6.45, 7) is 2.06. The van der Waals surface area contributed by atoms with E-state index in [2.05, 4.69) is 10.5 Å². The molecule has 0 rings (SSSR count). The number of hydrogen-bond acceptors (Lipinski definition) is 3. The SMILES string of the molecule is CCOC(N)=O.[O]=[Ce]. The summed E-state index contributed by atoms with van der Waals surface area (Å²) < 4.78 is 12.6. The summed E-state index contributed by atoms with van der Waals surface area (Å²) in [6, 6.07) is 0. The maximum atomic E-state index is 9.60. The fraction of sp³-hybridized carbons (Fsp3) is 0.667. The van der Waals surface area contributed by atoms with Crippen LogP contribution in [0, 0.1) is 39.8 Å². The minimum absolute atomic E-state index is 0.0556. The topological polar surface area (TPSA) is 69.4 Å². The van der Waals surface area contributed by atoms with Crippen molar-refractivity contribution in [3.8, 4) is 0 Å². The van der Waals surface area contributed by atoms with Crippen molar-refractivity contribution < 1.29 is 50.2 Å². The first-order chi connectivity index (χ1) is 3.77. The molecule has 0 bridgehead atoms. The maximum absolute atomic E-state index is 9.60. The van der Waals surface area contributed by atoms with E-state index in [-0.39, 0.29) is 39.8 Å². The van der Waals surface area contributed by atoms with Crippen molar-refractivity contribution in [2.45, 2.75) is 6.92 Å². The summed E-state index contributed by atoms with van der Waals surface area (Å²) in [6.07, 6.45) is -0.711. The Hall–Kier alpha value is 0.447. The second kappa shape index (κ2) is 10.4. The summed E-state index contributed by atoms with van der Waals surface area (Å²) in [4.78, 5) is 9.60. The zero-order valence-electron chi connectivity index (χ0n) is 4.51. The molecule has 0 aliphatic rings. The molecule has 0 aromatic carbocycles. The van der Waals surface area contributed by atoms with Gasteiger partial charge in [0.25, 0.3) is 0 Å². The van der Waals surface area contributed by atoms with Gasteiger partial charge in [-0.05, 0) is 6.92 Å². The van der Waals surface area contributed by atoms with Gasteiger partial charge in [-0.3, -0.25) is 0 Å². The van der Waals surface area contributed by atoms with Gasteiger partial charge in [0.2, 0.25) is 0 Å². The molecule has 0 atom stereocenters. The van der Waals surface area contributed by atoms with Crippen LogP contribution in [0.1, 0.15) is 6.92 Å². The van der Waals surface area contributed by atoms with E-state index in [1.165, 1.54) is 0 Å². The molecule has 0 radical (unpaired) electrons. The molecule has 0 unspecified atom stereocenters. The summed E-state index contributed by atoms with van der Waals surface area (Å²) in [5.41, 5.74) is 4.54. The van der Waals surface area contributed by atoms with Crippen molar-refractivity contribution in [1.82, 2.24) is 0 Å². The molecule has 0 saturated heterocycles. The van der Waals surface area contributed by atoms with Gasteiger partial charge in [0.1, 0.15) is 0 Å². The molecule has 0 aliphatic carbocycles. The Kier molecular flexibility index (Phi) is 14.7. The fourth-order valence-electron chi connectivity index (χ4n) is 0.142. The van der Waals surface area contributed by atoms with Crippen LogP contribution in [0.5, 0.6) is 0 Å². The molecule has 2 N–H and O–H groups in total. The molecule has 0 aromatic heterocycles. The number of nitrogens with two attached hydrogens (primary N) is 1. The third-order valence-electron chi connectivity index (χ3n) is 0.287. The van der Waals surface area contributed by atoms with Gasteiger partial charge in [-0.15, -0.1) is 0 Å². The number of rotatable bonds is 1. The molecule has 0 aromatic rings. The molecule has 0 heterocycles. The standard InChI is InChI=1S/C3H7NO2.Ce.O/c1-2-6-3(4)5;;/h2H2,1H3,(H2,4,5);;. The number of primary amides is 1. The molecule has 5 heteroatoms. The van der Waals surface area contributed by atoms with Crippen LogP contribution in [0.4, 0.5) is 4.79 Å². The zero-order chi connectivity index (χ0) is 6.99. The van der Waals surface area contributed by atoms with Crippen molar-refractivity contribution in [2.24, 2.45) is 5.73 Å². The van der Waals surface area contributed by atoms with Crippen molar-refractivity contribution in [1.29, 1.82) is 0 Å². The first-order valence-corrected chi connectivity index (χ1v) is 3.18. The predicted octanol–water partition coefficient (Wildman–Crippen LogP) is -0.0172. The number of carbonyl (C=O) groups excluding carboxylic acids is 1. The Morgan fingerprint density at radius 3 is 2.12 bits per heavy atom. The van der Waals surface area contributed by atoms with Crippen LogP contribution in [-0.4, -0.2) is 12.7 Å². The average Bonchev–Trinajstić information content (AvgIpc) is 1.72. The molecule has 0 saturated carbocycles. The second-order valence-corrected chi connectivity index (χ2v) is 0.752. The predicted molar refractivity (Wildman–Crippen MR) is 21.9 cm³/mol. The first kappa shape index (κ1) is 11.3. The zero-order valence-corrected chi connectivity index (χ0v) is 7.65. The summed E-state index contributed by atoms with van der Waals surface area (Å²) in [7, 11) is 0. The Bertz CT molecular complexity index is 67.5. The van der Waals surface area contributed by atoms with Crippen LogP contribution in [-0.2, 0) is 5.67 Å². The fourth-order valence-corrected chi connectivity index (χ4v) is 0.142. The van der Waals surface area contributed by atoms with Crippen molar-refractivity contribution >= 4 is 6.09 Å². The van der Waals surface area contributed by atoms with Gasteiger partial charge in [-0.2, -0.15) is 0 Å². The molecule has 0 fully saturated rings.